The summed E-state index contributed by atoms with van der Waals surface area (Å²) in [5.41, 5.74) is 1.90. The maximum Gasteiger partial charge on any atom is 0.339 e. The molecule has 1 atom stereocenters. The van der Waals surface area contributed by atoms with Crippen LogP contribution in [0.25, 0.3) is 0 Å². The molecule has 1 aromatic carbocycles. The summed E-state index contributed by atoms with van der Waals surface area (Å²) in [7, 11) is 0. The molecule has 0 aliphatic carbocycles. The lowest BCUT2D eigenvalue weighted by atomic mass is 9.96. The van der Waals surface area contributed by atoms with Crippen molar-refractivity contribution < 1.29 is 19.5 Å². The van der Waals surface area contributed by atoms with E-state index < -0.39 is 12.0 Å². The van der Waals surface area contributed by atoms with Gasteiger partial charge in [0.15, 0.2) is 0 Å². The van der Waals surface area contributed by atoms with Crippen molar-refractivity contribution >= 4 is 29.4 Å². The number of aromatic carboxylic acids is 1. The van der Waals surface area contributed by atoms with E-state index in [4.69, 9.17) is 0 Å². The lowest BCUT2D eigenvalue weighted by Gasteiger charge is -2.30. The molecular weight excluding hydrogens is 348 g/mol. The number of urea groups is 1. The van der Waals surface area contributed by atoms with E-state index >= 15 is 0 Å². The second-order valence-corrected chi connectivity index (χ2v) is 6.56. The number of piperidine rings is 1. The molecule has 27 heavy (non-hydrogen) atoms. The molecule has 1 fully saturated rings. The zero-order valence-corrected chi connectivity index (χ0v) is 14.4. The van der Waals surface area contributed by atoms with Crippen LogP contribution in [-0.4, -0.2) is 39.4 Å². The first-order valence-electron chi connectivity index (χ1n) is 8.76. The van der Waals surface area contributed by atoms with Crippen LogP contribution in [0.5, 0.6) is 0 Å². The lowest BCUT2D eigenvalue weighted by Crippen LogP contribution is -2.32. The fraction of sp³-hybridized carbons (Fsp3) is 0.263. The van der Waals surface area contributed by atoms with Crippen LogP contribution in [0.1, 0.15) is 51.6 Å². The van der Waals surface area contributed by atoms with Crippen LogP contribution in [-0.2, 0) is 0 Å². The highest BCUT2D eigenvalue weighted by Crippen LogP contribution is 2.43. The summed E-state index contributed by atoms with van der Waals surface area (Å²) in [6, 6.07) is 7.48. The minimum absolute atomic E-state index is 0.00310. The summed E-state index contributed by atoms with van der Waals surface area (Å²) in [6.07, 6.45) is 4.28. The summed E-state index contributed by atoms with van der Waals surface area (Å²) < 4.78 is 0. The second kappa shape index (κ2) is 6.71. The Labute approximate surface area is 155 Å². The van der Waals surface area contributed by atoms with Crippen LogP contribution < -0.4 is 10.6 Å². The molecule has 2 aliphatic rings. The number of benzene rings is 1. The predicted molar refractivity (Wildman–Crippen MR) is 97.9 cm³/mol. The Hall–Kier alpha value is -3.42. The van der Waals surface area contributed by atoms with Crippen molar-refractivity contribution in [2.45, 2.75) is 25.3 Å². The van der Waals surface area contributed by atoms with E-state index in [2.05, 4.69) is 15.6 Å². The zero-order chi connectivity index (χ0) is 19.0. The van der Waals surface area contributed by atoms with Gasteiger partial charge in [-0.2, -0.15) is 0 Å². The first kappa shape index (κ1) is 17.0. The number of hydrogen-bond donors (Lipinski definition) is 3. The number of carboxylic acid groups (broad SMARTS) is 1. The third-order valence-corrected chi connectivity index (χ3v) is 4.95. The quantitative estimate of drug-likeness (QED) is 0.773. The largest absolute Gasteiger partial charge is 0.478 e. The zero-order valence-electron chi connectivity index (χ0n) is 14.4. The molecule has 0 radical (unpaired) electrons. The van der Waals surface area contributed by atoms with Gasteiger partial charge in [-0.25, -0.2) is 14.6 Å². The Balaban J connectivity index is 1.59. The highest BCUT2D eigenvalue weighted by Gasteiger charge is 2.39. The molecule has 2 aromatic rings. The number of aromatic nitrogens is 1. The van der Waals surface area contributed by atoms with Crippen molar-refractivity contribution in [3.63, 3.8) is 0 Å². The summed E-state index contributed by atoms with van der Waals surface area (Å²) >= 11 is 0. The first-order valence-corrected chi connectivity index (χ1v) is 8.76. The molecule has 4 rings (SSSR count). The number of hydrogen-bond acceptors (Lipinski definition) is 4. The van der Waals surface area contributed by atoms with Crippen LogP contribution in [0.15, 0.2) is 36.5 Å². The van der Waals surface area contributed by atoms with Gasteiger partial charge in [0.2, 0.25) is 0 Å². The molecule has 1 unspecified atom stereocenters. The maximum absolute atomic E-state index is 12.6. The van der Waals surface area contributed by atoms with Gasteiger partial charge < -0.3 is 15.3 Å². The molecule has 3 heterocycles. The van der Waals surface area contributed by atoms with Gasteiger partial charge in [-0.1, -0.05) is 6.07 Å². The van der Waals surface area contributed by atoms with Gasteiger partial charge in [-0.05, 0) is 43.5 Å². The number of fused-ring (bicyclic) bond motifs is 3. The van der Waals surface area contributed by atoms with E-state index in [0.29, 0.717) is 11.3 Å². The minimum Gasteiger partial charge on any atom is -0.478 e. The number of amides is 3. The van der Waals surface area contributed by atoms with E-state index in [9.17, 15) is 19.5 Å². The number of carboxylic acids is 1. The molecule has 2 aliphatic heterocycles. The fourth-order valence-electron chi connectivity index (χ4n) is 3.79. The molecular formula is C19H18N4O4. The number of nitrogens with one attached hydrogen (secondary N) is 2. The second-order valence-electron chi connectivity index (χ2n) is 6.56. The average Bonchev–Trinajstić information content (AvgIpc) is 2.96. The lowest BCUT2D eigenvalue weighted by molar-refractivity contribution is 0.0669. The number of rotatable bonds is 3. The van der Waals surface area contributed by atoms with Gasteiger partial charge in [0, 0.05) is 29.6 Å². The molecule has 0 spiro atoms. The van der Waals surface area contributed by atoms with Gasteiger partial charge in [-0.15, -0.1) is 0 Å². The summed E-state index contributed by atoms with van der Waals surface area (Å²) in [4.78, 5) is 42.1. The van der Waals surface area contributed by atoms with E-state index in [1.165, 1.54) is 18.3 Å². The number of pyridine rings is 1. The monoisotopic (exact) mass is 366 g/mol. The molecule has 0 bridgehead atoms. The molecule has 3 amide bonds. The highest BCUT2D eigenvalue weighted by molar-refractivity contribution is 6.06. The highest BCUT2D eigenvalue weighted by atomic mass is 16.4. The molecule has 1 saturated heterocycles. The Morgan fingerprint density at radius 3 is 2.81 bits per heavy atom. The first-order chi connectivity index (χ1) is 13.1. The van der Waals surface area contributed by atoms with Crippen molar-refractivity contribution in [3.8, 4) is 0 Å². The number of carbonyl (C=O) groups excluding carboxylic acids is 2. The van der Waals surface area contributed by atoms with Gasteiger partial charge in [0.05, 0.1) is 6.04 Å². The average molecular weight is 366 g/mol. The smallest absolute Gasteiger partial charge is 0.339 e. The summed E-state index contributed by atoms with van der Waals surface area (Å²) in [6.45, 7) is 0.722. The summed E-state index contributed by atoms with van der Waals surface area (Å²) in [5.74, 6) is -1.22. The Kier molecular flexibility index (Phi) is 4.23. The van der Waals surface area contributed by atoms with Crippen molar-refractivity contribution in [2.24, 2.45) is 0 Å². The molecule has 1 aromatic heterocycles. The maximum atomic E-state index is 12.6. The van der Waals surface area contributed by atoms with Crippen LogP contribution >= 0.6 is 0 Å². The van der Waals surface area contributed by atoms with Crippen molar-refractivity contribution in [1.29, 1.82) is 0 Å². The van der Waals surface area contributed by atoms with Crippen LogP contribution in [0.2, 0.25) is 0 Å². The number of carbonyl (C=O) groups is 3. The number of anilines is 2. The van der Waals surface area contributed by atoms with E-state index in [1.54, 1.807) is 18.2 Å². The standard InChI is InChI=1S/C19H18N4O4/c24-17-11-5-3-7-13(15(11)14-8-1-2-10-23(14)17)21-19(27)22-16-12(18(25)26)6-4-9-20-16/h3-7,9,14H,1-2,8,10H2,(H,25,26)(H2,20,21,22,27). The SMILES string of the molecule is O=C(Nc1cccc2c1C1CCCCN1C2=O)Nc1ncccc1C(=O)O. The molecule has 0 saturated carbocycles. The molecule has 8 nitrogen and oxygen atoms in total. The van der Waals surface area contributed by atoms with Gasteiger partial charge in [0.25, 0.3) is 5.91 Å². The van der Waals surface area contributed by atoms with Crippen molar-refractivity contribution in [2.75, 3.05) is 17.2 Å². The molecule has 8 heteroatoms. The fourth-order valence-corrected chi connectivity index (χ4v) is 3.79. The van der Waals surface area contributed by atoms with Gasteiger partial charge >= 0.3 is 12.0 Å². The van der Waals surface area contributed by atoms with Crippen molar-refractivity contribution in [3.05, 3.63) is 53.2 Å². The Morgan fingerprint density at radius 1 is 1.15 bits per heavy atom. The Bertz CT molecular complexity index is 943. The Morgan fingerprint density at radius 2 is 2.00 bits per heavy atom. The van der Waals surface area contributed by atoms with Gasteiger partial charge in [0.1, 0.15) is 11.4 Å². The van der Waals surface area contributed by atoms with E-state index in [0.717, 1.165) is 31.4 Å². The van der Waals surface area contributed by atoms with Crippen LogP contribution in [0.3, 0.4) is 0 Å². The third kappa shape index (κ3) is 2.99. The van der Waals surface area contributed by atoms with E-state index in [1.807, 2.05) is 4.90 Å². The molecule has 138 valence electrons. The third-order valence-electron chi connectivity index (χ3n) is 4.95. The van der Waals surface area contributed by atoms with Crippen LogP contribution in [0, 0.1) is 0 Å². The van der Waals surface area contributed by atoms with Crippen LogP contribution in [0.4, 0.5) is 16.3 Å². The molecule has 3 N–H and O–H groups in total. The topological polar surface area (TPSA) is 112 Å². The minimum atomic E-state index is -1.18. The van der Waals surface area contributed by atoms with E-state index in [-0.39, 0.29) is 23.3 Å². The predicted octanol–water partition coefficient (Wildman–Crippen LogP) is 3.10. The van der Waals surface area contributed by atoms with Crippen molar-refractivity contribution in [1.82, 2.24) is 9.88 Å². The normalized spacial score (nSPS) is 17.9. The van der Waals surface area contributed by atoms with Gasteiger partial charge in [-0.3, -0.25) is 10.1 Å². The summed E-state index contributed by atoms with van der Waals surface area (Å²) in [5, 5.41) is 14.4. The number of nitrogens with zero attached hydrogens (tertiary/aromatic N) is 2.